The molecule has 0 aliphatic heterocycles. The van der Waals surface area contributed by atoms with Crippen molar-refractivity contribution in [3.05, 3.63) is 64.1 Å². The number of benzene rings is 1. The first kappa shape index (κ1) is 20.0. The fourth-order valence-corrected chi connectivity index (χ4v) is 3.63. The first-order valence-electron chi connectivity index (χ1n) is 8.98. The normalized spacial score (nSPS) is 17.4. The van der Waals surface area contributed by atoms with Crippen LogP contribution in [-0.2, 0) is 4.79 Å². The van der Waals surface area contributed by atoms with Crippen LogP contribution in [0, 0.1) is 12.3 Å². The number of halogens is 1. The van der Waals surface area contributed by atoms with Gasteiger partial charge in [-0.2, -0.15) is 0 Å². The van der Waals surface area contributed by atoms with Crippen LogP contribution in [-0.4, -0.2) is 32.7 Å². The van der Waals surface area contributed by atoms with Crippen molar-refractivity contribution in [3.63, 3.8) is 0 Å². The Kier molecular flexibility index (Phi) is 5.52. The van der Waals surface area contributed by atoms with Crippen LogP contribution >= 0.6 is 11.6 Å². The molecule has 0 saturated heterocycles. The first-order valence-corrected chi connectivity index (χ1v) is 9.36. The molecule has 1 unspecified atom stereocenters. The number of aromatic nitrogens is 2. The Morgan fingerprint density at radius 2 is 1.89 bits per heavy atom. The highest BCUT2D eigenvalue weighted by atomic mass is 35.5. The smallest absolute Gasteiger partial charge is 0.225 e. The maximum atomic E-state index is 13.2. The van der Waals surface area contributed by atoms with E-state index >= 15 is 0 Å². The Labute approximate surface area is 168 Å². The van der Waals surface area contributed by atoms with Gasteiger partial charge in [0.05, 0.1) is 5.57 Å². The molecular formula is C21H22ClN3O3. The number of carbonyl (C=O) groups excluding carboxylic acids is 2. The number of aryl methyl sites for hydroxylation is 1. The van der Waals surface area contributed by atoms with Gasteiger partial charge in [-0.3, -0.25) is 9.59 Å². The number of nitrogens with one attached hydrogen (secondary N) is 1. The third kappa shape index (κ3) is 4.39. The molecule has 0 amide bonds. The molecule has 146 valence electrons. The summed E-state index contributed by atoms with van der Waals surface area (Å²) in [5.74, 6) is -0.579. The van der Waals surface area contributed by atoms with E-state index in [1.807, 2.05) is 13.8 Å². The molecule has 1 heterocycles. The molecule has 0 bridgehead atoms. The molecule has 7 heteroatoms. The van der Waals surface area contributed by atoms with Gasteiger partial charge in [-0.1, -0.05) is 55.8 Å². The van der Waals surface area contributed by atoms with Crippen LogP contribution in [0.15, 0.2) is 47.7 Å². The zero-order valence-electron chi connectivity index (χ0n) is 16.0. The lowest BCUT2D eigenvalue weighted by Gasteiger charge is -2.32. The molecule has 28 heavy (non-hydrogen) atoms. The molecule has 1 atom stereocenters. The largest absolute Gasteiger partial charge is 0.512 e. The summed E-state index contributed by atoms with van der Waals surface area (Å²) >= 11 is 6.01. The molecule has 1 aliphatic rings. The molecule has 0 saturated carbocycles. The number of carbonyl (C=O) groups is 2. The van der Waals surface area contributed by atoms with E-state index in [1.54, 1.807) is 43.3 Å². The minimum atomic E-state index is -1.11. The van der Waals surface area contributed by atoms with Gasteiger partial charge in [0, 0.05) is 24.1 Å². The molecule has 0 radical (unpaired) electrons. The van der Waals surface area contributed by atoms with Crippen LogP contribution in [0.3, 0.4) is 0 Å². The van der Waals surface area contributed by atoms with E-state index in [9.17, 15) is 14.7 Å². The number of aliphatic hydroxyl groups is 1. The van der Waals surface area contributed by atoms with Gasteiger partial charge >= 0.3 is 0 Å². The van der Waals surface area contributed by atoms with Crippen LogP contribution in [0.4, 0.5) is 5.95 Å². The fraction of sp³-hybridized carbons (Fsp3) is 0.333. The molecule has 0 fully saturated rings. The summed E-state index contributed by atoms with van der Waals surface area (Å²) in [7, 11) is 0. The SMILES string of the molecule is Cc1cc(Cl)nc(NC(C(=O)c2ccccc2)C2=C(O)CC(C)(C)CC2=O)n1. The Bertz CT molecular complexity index is 934. The minimum absolute atomic E-state index is 0.0643. The average Bonchev–Trinajstić information content (AvgIpc) is 2.58. The average molecular weight is 400 g/mol. The third-order valence-corrected chi connectivity index (χ3v) is 4.80. The Hall–Kier alpha value is -2.73. The number of allylic oxidation sites excluding steroid dienone is 1. The summed E-state index contributed by atoms with van der Waals surface area (Å²) in [6, 6.07) is 9.09. The highest BCUT2D eigenvalue weighted by molar-refractivity contribution is 6.29. The lowest BCUT2D eigenvalue weighted by atomic mass is 9.74. The van der Waals surface area contributed by atoms with Crippen LogP contribution < -0.4 is 5.32 Å². The summed E-state index contributed by atoms with van der Waals surface area (Å²) in [6.45, 7) is 5.56. The van der Waals surface area contributed by atoms with Crippen LogP contribution in [0.25, 0.3) is 0 Å². The summed E-state index contributed by atoms with van der Waals surface area (Å²) in [4.78, 5) is 34.4. The summed E-state index contributed by atoms with van der Waals surface area (Å²) in [6.07, 6.45) is 0.547. The quantitative estimate of drug-likeness (QED) is 0.575. The number of aliphatic hydroxyl groups excluding tert-OH is 1. The summed E-state index contributed by atoms with van der Waals surface area (Å²) in [5, 5.41) is 13.8. The second-order valence-electron chi connectivity index (χ2n) is 7.76. The maximum absolute atomic E-state index is 13.2. The molecule has 1 aliphatic carbocycles. The van der Waals surface area contributed by atoms with Gasteiger partial charge < -0.3 is 10.4 Å². The van der Waals surface area contributed by atoms with Crippen LogP contribution in [0.5, 0.6) is 0 Å². The Morgan fingerprint density at radius 1 is 1.21 bits per heavy atom. The molecular weight excluding hydrogens is 378 g/mol. The van der Waals surface area contributed by atoms with Crippen LogP contribution in [0.1, 0.15) is 42.7 Å². The monoisotopic (exact) mass is 399 g/mol. The molecule has 1 aromatic heterocycles. The van der Waals surface area contributed by atoms with E-state index in [0.29, 0.717) is 17.7 Å². The summed E-state index contributed by atoms with van der Waals surface area (Å²) in [5.41, 5.74) is 0.725. The minimum Gasteiger partial charge on any atom is -0.512 e. The Balaban J connectivity index is 2.06. The van der Waals surface area contributed by atoms with Gasteiger partial charge in [0.2, 0.25) is 5.95 Å². The standard InChI is InChI=1S/C21H22ClN3O3/c1-12-9-16(22)24-20(23-12)25-18(19(28)13-7-5-4-6-8-13)17-14(26)10-21(2,3)11-15(17)27/h4-9,18,26H,10-11H2,1-3H3,(H,23,24,25). The van der Waals surface area contributed by atoms with Crippen molar-refractivity contribution in [2.24, 2.45) is 5.41 Å². The predicted molar refractivity (Wildman–Crippen MR) is 108 cm³/mol. The first-order chi connectivity index (χ1) is 13.2. The molecule has 6 nitrogen and oxygen atoms in total. The second-order valence-corrected chi connectivity index (χ2v) is 8.15. The second kappa shape index (κ2) is 7.72. The topological polar surface area (TPSA) is 92.2 Å². The predicted octanol–water partition coefficient (Wildman–Crippen LogP) is 4.30. The van der Waals surface area contributed by atoms with Gasteiger partial charge in [0.1, 0.15) is 17.0 Å². The molecule has 2 N–H and O–H groups in total. The lowest BCUT2D eigenvalue weighted by Crippen LogP contribution is -2.40. The van der Waals surface area contributed by atoms with Crippen molar-refractivity contribution in [2.45, 2.75) is 39.7 Å². The number of hydrogen-bond donors (Lipinski definition) is 2. The highest BCUT2D eigenvalue weighted by Crippen LogP contribution is 2.37. The molecule has 2 aromatic rings. The zero-order valence-corrected chi connectivity index (χ0v) is 16.7. The van der Waals surface area contributed by atoms with E-state index in [2.05, 4.69) is 15.3 Å². The number of ketones is 2. The van der Waals surface area contributed by atoms with Crippen molar-refractivity contribution in [1.29, 1.82) is 0 Å². The molecule has 0 spiro atoms. The van der Waals surface area contributed by atoms with Gasteiger partial charge in [-0.15, -0.1) is 0 Å². The van der Waals surface area contributed by atoms with Crippen molar-refractivity contribution < 1.29 is 14.7 Å². The van der Waals surface area contributed by atoms with E-state index in [0.717, 1.165) is 0 Å². The van der Waals surface area contributed by atoms with Gasteiger partial charge in [-0.25, -0.2) is 9.97 Å². The van der Waals surface area contributed by atoms with Crippen molar-refractivity contribution in [2.75, 3.05) is 5.32 Å². The van der Waals surface area contributed by atoms with Gasteiger partial charge in [0.25, 0.3) is 0 Å². The number of anilines is 1. The van der Waals surface area contributed by atoms with E-state index in [4.69, 9.17) is 11.6 Å². The summed E-state index contributed by atoms with van der Waals surface area (Å²) < 4.78 is 0. The Morgan fingerprint density at radius 3 is 2.50 bits per heavy atom. The van der Waals surface area contributed by atoms with E-state index < -0.39 is 6.04 Å². The zero-order chi connectivity index (χ0) is 20.5. The number of hydrogen-bond acceptors (Lipinski definition) is 6. The van der Waals surface area contributed by atoms with Gasteiger partial charge in [-0.05, 0) is 18.4 Å². The maximum Gasteiger partial charge on any atom is 0.225 e. The van der Waals surface area contributed by atoms with Gasteiger partial charge in [0.15, 0.2) is 11.6 Å². The number of Topliss-reactive ketones (excluding diaryl/α,β-unsaturated/α-hetero) is 2. The third-order valence-electron chi connectivity index (χ3n) is 4.60. The molecule has 1 aromatic carbocycles. The van der Waals surface area contributed by atoms with E-state index in [-0.39, 0.29) is 45.8 Å². The highest BCUT2D eigenvalue weighted by Gasteiger charge is 2.39. The number of nitrogens with zero attached hydrogens (tertiary/aromatic N) is 2. The lowest BCUT2D eigenvalue weighted by molar-refractivity contribution is -0.118. The van der Waals surface area contributed by atoms with Crippen molar-refractivity contribution in [1.82, 2.24) is 9.97 Å². The molecule has 3 rings (SSSR count). The van der Waals surface area contributed by atoms with Crippen molar-refractivity contribution in [3.8, 4) is 0 Å². The fourth-order valence-electron chi connectivity index (χ4n) is 3.39. The van der Waals surface area contributed by atoms with Crippen molar-refractivity contribution >= 4 is 29.1 Å². The van der Waals surface area contributed by atoms with E-state index in [1.165, 1.54) is 0 Å². The number of rotatable bonds is 5. The van der Waals surface area contributed by atoms with Crippen LogP contribution in [0.2, 0.25) is 5.15 Å².